The fourth-order valence-corrected chi connectivity index (χ4v) is 3.73. The highest BCUT2D eigenvalue weighted by atomic mass is 32.1. The summed E-state index contributed by atoms with van der Waals surface area (Å²) in [5.41, 5.74) is 0.704. The van der Waals surface area contributed by atoms with Gasteiger partial charge in [-0.25, -0.2) is 0 Å². The molecule has 0 unspecified atom stereocenters. The van der Waals surface area contributed by atoms with E-state index in [-0.39, 0.29) is 18.5 Å². The van der Waals surface area contributed by atoms with Crippen molar-refractivity contribution >= 4 is 29.1 Å². The Morgan fingerprint density at radius 2 is 1.76 bits per heavy atom. The highest BCUT2D eigenvalue weighted by Gasteiger charge is 2.36. The van der Waals surface area contributed by atoms with Gasteiger partial charge in [-0.15, -0.1) is 11.3 Å². The fourth-order valence-electron chi connectivity index (χ4n) is 2.81. The standard InChI is InChI=1S/C18H19N3O3S/c1-20(2)14(15-8-5-9-25-15)10-19-16(22)11-21-17(23)12-6-3-4-7-13(12)18(21)24/h3-9,14H,10-11H2,1-2H3,(H,19,22)/t14-/m0/s1. The second-order valence-corrected chi connectivity index (χ2v) is 7.02. The van der Waals surface area contributed by atoms with Crippen LogP contribution in [-0.2, 0) is 4.79 Å². The van der Waals surface area contributed by atoms with Crippen LogP contribution in [0.5, 0.6) is 0 Å². The molecule has 3 rings (SSSR count). The number of benzene rings is 1. The molecule has 1 aliphatic rings. The van der Waals surface area contributed by atoms with Crippen molar-refractivity contribution in [3.63, 3.8) is 0 Å². The Morgan fingerprint density at radius 1 is 1.12 bits per heavy atom. The number of carbonyl (C=O) groups is 3. The predicted molar refractivity (Wildman–Crippen MR) is 95.6 cm³/mol. The highest BCUT2D eigenvalue weighted by Crippen LogP contribution is 2.23. The summed E-state index contributed by atoms with van der Waals surface area (Å²) in [7, 11) is 3.89. The minimum atomic E-state index is -0.418. The van der Waals surface area contributed by atoms with E-state index in [9.17, 15) is 14.4 Å². The number of carbonyl (C=O) groups excluding carboxylic acids is 3. The van der Waals surface area contributed by atoms with Gasteiger partial charge in [0.15, 0.2) is 0 Å². The van der Waals surface area contributed by atoms with Crippen LogP contribution in [-0.4, -0.2) is 54.7 Å². The molecule has 0 radical (unpaired) electrons. The van der Waals surface area contributed by atoms with Crippen molar-refractivity contribution in [2.24, 2.45) is 0 Å². The minimum absolute atomic E-state index is 0.0473. The van der Waals surface area contributed by atoms with Crippen LogP contribution in [0.25, 0.3) is 0 Å². The molecule has 0 bridgehead atoms. The molecule has 130 valence electrons. The topological polar surface area (TPSA) is 69.7 Å². The fraction of sp³-hybridized carbons (Fsp3) is 0.278. The van der Waals surface area contributed by atoms with Crippen molar-refractivity contribution in [1.82, 2.24) is 15.1 Å². The average molecular weight is 357 g/mol. The number of nitrogens with zero attached hydrogens (tertiary/aromatic N) is 2. The molecular weight excluding hydrogens is 338 g/mol. The van der Waals surface area contributed by atoms with Gasteiger partial charge < -0.3 is 10.2 Å². The Kier molecular flexibility index (Phi) is 4.96. The lowest BCUT2D eigenvalue weighted by molar-refractivity contribution is -0.121. The van der Waals surface area contributed by atoms with E-state index in [0.29, 0.717) is 17.7 Å². The average Bonchev–Trinajstić information content (AvgIpc) is 3.19. The molecule has 3 amide bonds. The van der Waals surface area contributed by atoms with Crippen LogP contribution in [0.2, 0.25) is 0 Å². The summed E-state index contributed by atoms with van der Waals surface area (Å²) in [6.45, 7) is 0.145. The Balaban J connectivity index is 1.62. The summed E-state index contributed by atoms with van der Waals surface area (Å²) in [6, 6.07) is 10.7. The SMILES string of the molecule is CN(C)[C@@H](CNC(=O)CN1C(=O)c2ccccc2C1=O)c1cccs1. The second kappa shape index (κ2) is 7.16. The van der Waals surface area contributed by atoms with Crippen LogP contribution in [0.3, 0.4) is 0 Å². The number of fused-ring (bicyclic) bond motifs is 1. The van der Waals surface area contributed by atoms with E-state index < -0.39 is 11.8 Å². The van der Waals surface area contributed by atoms with Crippen molar-refractivity contribution < 1.29 is 14.4 Å². The molecular formula is C18H19N3O3S. The number of thiophene rings is 1. The maximum absolute atomic E-state index is 12.3. The molecule has 6 nitrogen and oxygen atoms in total. The monoisotopic (exact) mass is 357 g/mol. The lowest BCUT2D eigenvalue weighted by Gasteiger charge is -2.24. The molecule has 0 aliphatic carbocycles. The molecule has 1 aromatic carbocycles. The van der Waals surface area contributed by atoms with E-state index in [1.807, 2.05) is 36.5 Å². The molecule has 0 fully saturated rings. The van der Waals surface area contributed by atoms with Gasteiger partial charge in [-0.05, 0) is 37.7 Å². The van der Waals surface area contributed by atoms with Gasteiger partial charge in [0.25, 0.3) is 11.8 Å². The largest absolute Gasteiger partial charge is 0.353 e. The van der Waals surface area contributed by atoms with Gasteiger partial charge in [-0.1, -0.05) is 18.2 Å². The third-order valence-electron chi connectivity index (χ3n) is 4.17. The van der Waals surface area contributed by atoms with Crippen LogP contribution < -0.4 is 5.32 Å². The van der Waals surface area contributed by atoms with Gasteiger partial charge in [0.2, 0.25) is 5.91 Å². The molecule has 0 saturated carbocycles. The van der Waals surface area contributed by atoms with Crippen molar-refractivity contribution in [1.29, 1.82) is 0 Å². The van der Waals surface area contributed by atoms with Gasteiger partial charge in [-0.2, -0.15) is 0 Å². The Morgan fingerprint density at radius 3 is 2.28 bits per heavy atom. The van der Waals surface area contributed by atoms with Crippen LogP contribution in [0.4, 0.5) is 0 Å². The number of amides is 3. The molecule has 0 spiro atoms. The van der Waals surface area contributed by atoms with Crippen molar-refractivity contribution in [3.05, 3.63) is 57.8 Å². The zero-order valence-corrected chi connectivity index (χ0v) is 14.9. The van der Waals surface area contributed by atoms with E-state index in [4.69, 9.17) is 0 Å². The normalized spacial score (nSPS) is 14.8. The number of hydrogen-bond acceptors (Lipinski definition) is 5. The minimum Gasteiger partial charge on any atom is -0.353 e. The molecule has 1 aliphatic heterocycles. The van der Waals surface area contributed by atoms with Gasteiger partial charge >= 0.3 is 0 Å². The maximum atomic E-state index is 12.3. The first kappa shape index (κ1) is 17.3. The van der Waals surface area contributed by atoms with Gasteiger partial charge in [0.1, 0.15) is 6.54 Å². The van der Waals surface area contributed by atoms with E-state index in [1.165, 1.54) is 0 Å². The summed E-state index contributed by atoms with van der Waals surface area (Å²) in [5, 5.41) is 4.82. The third kappa shape index (κ3) is 3.47. The van der Waals surface area contributed by atoms with E-state index in [0.717, 1.165) is 9.78 Å². The number of likely N-dealkylation sites (N-methyl/N-ethyl adjacent to an activating group) is 1. The van der Waals surface area contributed by atoms with Gasteiger partial charge in [0, 0.05) is 11.4 Å². The van der Waals surface area contributed by atoms with Crippen LogP contribution in [0.1, 0.15) is 31.6 Å². The molecule has 2 aromatic rings. The number of nitrogens with one attached hydrogen (secondary N) is 1. The number of imide groups is 1. The first-order valence-electron chi connectivity index (χ1n) is 7.90. The number of rotatable bonds is 6. The van der Waals surface area contributed by atoms with E-state index >= 15 is 0 Å². The van der Waals surface area contributed by atoms with Crippen molar-refractivity contribution in [2.75, 3.05) is 27.2 Å². The van der Waals surface area contributed by atoms with Gasteiger partial charge in [-0.3, -0.25) is 19.3 Å². The lowest BCUT2D eigenvalue weighted by Crippen LogP contribution is -2.42. The zero-order valence-electron chi connectivity index (χ0n) is 14.1. The Bertz CT molecular complexity index is 767. The zero-order chi connectivity index (χ0) is 18.0. The summed E-state index contributed by atoms with van der Waals surface area (Å²) in [4.78, 5) is 41.0. The first-order valence-corrected chi connectivity index (χ1v) is 8.78. The predicted octanol–water partition coefficient (Wildman–Crippen LogP) is 1.76. The molecule has 1 N–H and O–H groups in total. The molecule has 2 heterocycles. The molecule has 1 atom stereocenters. The van der Waals surface area contributed by atoms with Crippen molar-refractivity contribution in [2.45, 2.75) is 6.04 Å². The van der Waals surface area contributed by atoms with E-state index in [2.05, 4.69) is 5.32 Å². The van der Waals surface area contributed by atoms with Crippen LogP contribution in [0.15, 0.2) is 41.8 Å². The Labute approximate surface area is 150 Å². The summed E-state index contributed by atoms with van der Waals surface area (Å²) in [5.74, 6) is -1.19. The third-order valence-corrected chi connectivity index (χ3v) is 5.14. The quantitative estimate of drug-likeness (QED) is 0.800. The summed E-state index contributed by atoms with van der Waals surface area (Å²) in [6.07, 6.45) is 0. The highest BCUT2D eigenvalue weighted by molar-refractivity contribution is 7.10. The van der Waals surface area contributed by atoms with Crippen molar-refractivity contribution in [3.8, 4) is 0 Å². The summed E-state index contributed by atoms with van der Waals surface area (Å²) < 4.78 is 0. The second-order valence-electron chi connectivity index (χ2n) is 6.04. The Hall–Kier alpha value is -2.51. The maximum Gasteiger partial charge on any atom is 0.262 e. The van der Waals surface area contributed by atoms with Gasteiger partial charge in [0.05, 0.1) is 17.2 Å². The molecule has 7 heteroatoms. The molecule has 25 heavy (non-hydrogen) atoms. The first-order chi connectivity index (χ1) is 12.0. The lowest BCUT2D eigenvalue weighted by atomic mass is 10.1. The van der Waals surface area contributed by atoms with Crippen LogP contribution in [0, 0.1) is 0 Å². The smallest absolute Gasteiger partial charge is 0.262 e. The van der Waals surface area contributed by atoms with E-state index in [1.54, 1.807) is 35.6 Å². The molecule has 0 saturated heterocycles. The molecule has 1 aromatic heterocycles. The van der Waals surface area contributed by atoms with Crippen LogP contribution >= 0.6 is 11.3 Å². The summed E-state index contributed by atoms with van der Waals surface area (Å²) >= 11 is 1.62. The number of hydrogen-bond donors (Lipinski definition) is 1.